The van der Waals surface area contributed by atoms with Crippen LogP contribution in [0.15, 0.2) is 6.07 Å². The second-order valence-electron chi connectivity index (χ2n) is 3.21. The highest BCUT2D eigenvalue weighted by Gasteiger charge is 2.15. The van der Waals surface area contributed by atoms with Crippen molar-refractivity contribution >= 4 is 17.6 Å². The van der Waals surface area contributed by atoms with Crippen LogP contribution in [0.25, 0.3) is 0 Å². The second kappa shape index (κ2) is 3.08. The van der Waals surface area contributed by atoms with Gasteiger partial charge in [-0.05, 0) is 12.8 Å². The van der Waals surface area contributed by atoms with Crippen LogP contribution in [0.4, 0.5) is 17.6 Å². The van der Waals surface area contributed by atoms with Crippen LogP contribution < -0.4 is 16.4 Å². The second-order valence-corrected chi connectivity index (χ2v) is 3.21. The first-order valence-electron chi connectivity index (χ1n) is 4.41. The molecule has 70 valence electrons. The molecule has 1 saturated heterocycles. The Morgan fingerprint density at radius 3 is 2.15 bits per heavy atom. The van der Waals surface area contributed by atoms with Gasteiger partial charge < -0.3 is 16.4 Å². The molecular weight excluding hydrogens is 166 g/mol. The summed E-state index contributed by atoms with van der Waals surface area (Å²) in [5.74, 6) is 1.54. The van der Waals surface area contributed by atoms with Gasteiger partial charge in [0.1, 0.15) is 11.6 Å². The molecule has 4 N–H and O–H groups in total. The van der Waals surface area contributed by atoms with Crippen molar-refractivity contribution in [2.45, 2.75) is 12.8 Å². The number of hydrogen-bond acceptors (Lipinski definition) is 5. The molecule has 2 rings (SSSR count). The molecule has 1 aromatic heterocycles. The predicted molar refractivity (Wildman–Crippen MR) is 52.3 cm³/mol. The first-order valence-corrected chi connectivity index (χ1v) is 4.41. The molecule has 0 atom stereocenters. The highest BCUT2D eigenvalue weighted by molar-refractivity contribution is 5.48. The van der Waals surface area contributed by atoms with Crippen molar-refractivity contribution in [2.24, 2.45) is 0 Å². The van der Waals surface area contributed by atoms with Gasteiger partial charge in [-0.1, -0.05) is 0 Å². The largest absolute Gasteiger partial charge is 0.383 e. The first kappa shape index (κ1) is 8.10. The molecule has 1 fully saturated rings. The summed E-state index contributed by atoms with van der Waals surface area (Å²) in [6, 6.07) is 1.57. The van der Waals surface area contributed by atoms with Gasteiger partial charge in [-0.15, -0.1) is 0 Å². The SMILES string of the molecule is Nc1cc(N)nc(N2CCCC2)n1. The van der Waals surface area contributed by atoms with E-state index in [0.717, 1.165) is 13.1 Å². The maximum Gasteiger partial charge on any atom is 0.229 e. The lowest BCUT2D eigenvalue weighted by molar-refractivity contribution is 0.903. The zero-order chi connectivity index (χ0) is 9.26. The molecule has 0 spiro atoms. The Bertz CT molecular complexity index is 285. The van der Waals surface area contributed by atoms with Gasteiger partial charge in [-0.3, -0.25) is 0 Å². The van der Waals surface area contributed by atoms with E-state index in [1.807, 2.05) is 0 Å². The summed E-state index contributed by atoms with van der Waals surface area (Å²) in [4.78, 5) is 10.4. The fourth-order valence-electron chi connectivity index (χ4n) is 1.53. The predicted octanol–water partition coefficient (Wildman–Crippen LogP) is 0.241. The Morgan fingerprint density at radius 2 is 1.62 bits per heavy atom. The number of aromatic nitrogens is 2. The number of anilines is 3. The number of nitrogen functional groups attached to an aromatic ring is 2. The van der Waals surface area contributed by atoms with Crippen LogP contribution in [-0.4, -0.2) is 23.1 Å². The quantitative estimate of drug-likeness (QED) is 0.645. The normalized spacial score (nSPS) is 16.5. The minimum atomic E-state index is 0.439. The molecule has 0 unspecified atom stereocenters. The summed E-state index contributed by atoms with van der Waals surface area (Å²) in [6.45, 7) is 2.01. The molecule has 5 heteroatoms. The molecule has 0 radical (unpaired) electrons. The zero-order valence-corrected chi connectivity index (χ0v) is 7.40. The molecule has 0 aliphatic carbocycles. The number of hydrogen-bond donors (Lipinski definition) is 2. The third-order valence-electron chi connectivity index (χ3n) is 2.14. The van der Waals surface area contributed by atoms with Gasteiger partial charge in [0.05, 0.1) is 0 Å². The highest BCUT2D eigenvalue weighted by Crippen LogP contribution is 2.17. The van der Waals surface area contributed by atoms with Gasteiger partial charge >= 0.3 is 0 Å². The van der Waals surface area contributed by atoms with Crippen LogP contribution >= 0.6 is 0 Å². The van der Waals surface area contributed by atoms with Gasteiger partial charge in [-0.25, -0.2) is 0 Å². The topological polar surface area (TPSA) is 81.1 Å². The van der Waals surface area contributed by atoms with E-state index in [2.05, 4.69) is 14.9 Å². The van der Waals surface area contributed by atoms with E-state index in [0.29, 0.717) is 17.6 Å². The zero-order valence-electron chi connectivity index (χ0n) is 7.40. The van der Waals surface area contributed by atoms with Crippen LogP contribution in [0.5, 0.6) is 0 Å². The third kappa shape index (κ3) is 1.63. The van der Waals surface area contributed by atoms with E-state index >= 15 is 0 Å². The van der Waals surface area contributed by atoms with E-state index < -0.39 is 0 Å². The fraction of sp³-hybridized carbons (Fsp3) is 0.500. The van der Waals surface area contributed by atoms with Crippen molar-refractivity contribution in [3.05, 3.63) is 6.07 Å². The highest BCUT2D eigenvalue weighted by atomic mass is 15.3. The van der Waals surface area contributed by atoms with Crippen LogP contribution in [0.2, 0.25) is 0 Å². The van der Waals surface area contributed by atoms with Crippen molar-refractivity contribution < 1.29 is 0 Å². The Morgan fingerprint density at radius 1 is 1.08 bits per heavy atom. The molecule has 1 aromatic rings. The molecule has 0 amide bonds. The van der Waals surface area contributed by atoms with Crippen molar-refractivity contribution in [2.75, 3.05) is 29.5 Å². The summed E-state index contributed by atoms with van der Waals surface area (Å²) in [7, 11) is 0. The molecule has 0 aromatic carbocycles. The summed E-state index contributed by atoms with van der Waals surface area (Å²) in [6.07, 6.45) is 2.39. The van der Waals surface area contributed by atoms with Crippen LogP contribution in [0.1, 0.15) is 12.8 Å². The molecule has 2 heterocycles. The molecular formula is C8H13N5. The molecule has 13 heavy (non-hydrogen) atoms. The van der Waals surface area contributed by atoms with Gasteiger partial charge in [0.15, 0.2) is 0 Å². The van der Waals surface area contributed by atoms with Crippen molar-refractivity contribution in [1.82, 2.24) is 9.97 Å². The third-order valence-corrected chi connectivity index (χ3v) is 2.14. The molecule has 0 saturated carbocycles. The number of nitrogens with two attached hydrogens (primary N) is 2. The molecule has 5 nitrogen and oxygen atoms in total. The monoisotopic (exact) mass is 179 g/mol. The van der Waals surface area contributed by atoms with E-state index in [1.54, 1.807) is 6.07 Å². The van der Waals surface area contributed by atoms with Crippen LogP contribution in [-0.2, 0) is 0 Å². The lowest BCUT2D eigenvalue weighted by Gasteiger charge is -2.15. The van der Waals surface area contributed by atoms with Gasteiger partial charge in [0.2, 0.25) is 5.95 Å². The van der Waals surface area contributed by atoms with Crippen LogP contribution in [0.3, 0.4) is 0 Å². The van der Waals surface area contributed by atoms with E-state index in [-0.39, 0.29) is 0 Å². The summed E-state index contributed by atoms with van der Waals surface area (Å²) >= 11 is 0. The van der Waals surface area contributed by atoms with E-state index in [1.165, 1.54) is 12.8 Å². The van der Waals surface area contributed by atoms with E-state index in [9.17, 15) is 0 Å². The Balaban J connectivity index is 2.28. The Kier molecular flexibility index (Phi) is 1.92. The van der Waals surface area contributed by atoms with Crippen molar-refractivity contribution in [3.8, 4) is 0 Å². The lowest BCUT2D eigenvalue weighted by atomic mass is 10.4. The molecule has 1 aliphatic rings. The molecule has 0 bridgehead atoms. The summed E-state index contributed by atoms with van der Waals surface area (Å²) in [5, 5.41) is 0. The maximum absolute atomic E-state index is 5.57. The Hall–Kier alpha value is -1.52. The van der Waals surface area contributed by atoms with Gasteiger partial charge in [0.25, 0.3) is 0 Å². The number of nitrogens with zero attached hydrogens (tertiary/aromatic N) is 3. The first-order chi connectivity index (χ1) is 6.25. The fourth-order valence-corrected chi connectivity index (χ4v) is 1.53. The summed E-state index contributed by atoms with van der Waals surface area (Å²) in [5.41, 5.74) is 11.1. The average molecular weight is 179 g/mol. The van der Waals surface area contributed by atoms with Crippen molar-refractivity contribution in [1.29, 1.82) is 0 Å². The number of rotatable bonds is 1. The summed E-state index contributed by atoms with van der Waals surface area (Å²) < 4.78 is 0. The standard InChI is InChI=1S/C8H13N5/c9-6-5-7(10)12-8(11-6)13-3-1-2-4-13/h5H,1-4H2,(H4,9,10,11,12). The van der Waals surface area contributed by atoms with Gasteiger partial charge in [0, 0.05) is 19.2 Å². The lowest BCUT2D eigenvalue weighted by Crippen LogP contribution is -2.21. The Labute approximate surface area is 76.8 Å². The van der Waals surface area contributed by atoms with Crippen LogP contribution in [0, 0.1) is 0 Å². The maximum atomic E-state index is 5.57. The van der Waals surface area contributed by atoms with E-state index in [4.69, 9.17) is 11.5 Å². The molecule has 1 aliphatic heterocycles. The minimum Gasteiger partial charge on any atom is -0.383 e. The smallest absolute Gasteiger partial charge is 0.229 e. The van der Waals surface area contributed by atoms with Gasteiger partial charge in [-0.2, -0.15) is 9.97 Å². The average Bonchev–Trinajstić information content (AvgIpc) is 2.53. The minimum absolute atomic E-state index is 0.439. The van der Waals surface area contributed by atoms with Crippen molar-refractivity contribution in [3.63, 3.8) is 0 Å².